The summed E-state index contributed by atoms with van der Waals surface area (Å²) in [4.78, 5) is 14.7. The van der Waals surface area contributed by atoms with Gasteiger partial charge in [0.05, 0.1) is 12.4 Å². The first-order valence-corrected chi connectivity index (χ1v) is 15.3. The van der Waals surface area contributed by atoms with Crippen molar-refractivity contribution in [2.24, 2.45) is 44.8 Å². The quantitative estimate of drug-likeness (QED) is 0.420. The van der Waals surface area contributed by atoms with E-state index in [1.165, 1.54) is 24.0 Å². The first kappa shape index (κ1) is 25.7. The molecule has 2 unspecified atom stereocenters. The third kappa shape index (κ3) is 3.21. The Bertz CT molecular complexity index is 1350. The zero-order valence-corrected chi connectivity index (χ0v) is 25.0. The van der Waals surface area contributed by atoms with Gasteiger partial charge in [-0.05, 0) is 96.4 Å². The van der Waals surface area contributed by atoms with Gasteiger partial charge in [0, 0.05) is 29.6 Å². The molecule has 7 atom stereocenters. The molecular formula is C33H46N4O2. The summed E-state index contributed by atoms with van der Waals surface area (Å²) in [6.07, 6.45) is 16.9. The SMILES string of the molecule is CC1(C)CC[C@]2(Cn3ccnn3)CC[C@]3(C)[C@H](C(=O)C=C4[C@@]5(C)Cc6cnoc6C(C)(C)C5CC[C@]43C)C2C1. The lowest BCUT2D eigenvalue weighted by atomic mass is 9.34. The molecular weight excluding hydrogens is 484 g/mol. The fraction of sp³-hybridized carbons (Fsp3) is 0.758. The Hall–Kier alpha value is -2.24. The monoisotopic (exact) mass is 530 g/mol. The van der Waals surface area contributed by atoms with Gasteiger partial charge >= 0.3 is 0 Å². The number of allylic oxidation sites excluding steroid dienone is 2. The topological polar surface area (TPSA) is 73.8 Å². The second-order valence-electron chi connectivity index (χ2n) is 16.2. The van der Waals surface area contributed by atoms with Gasteiger partial charge in [0.25, 0.3) is 0 Å². The zero-order chi connectivity index (χ0) is 27.6. The average molecular weight is 531 g/mol. The number of rotatable bonds is 2. The normalized spacial score (nSPS) is 43.8. The standard InChI is InChI=1S/C33H46N4O2/c1-28(2)10-12-33(20-37-15-14-34-36-37)13-11-32(7)26(22(33)18-28)23(38)16-25-30(5)17-21-19-35-39-27(21)29(3,4)24(30)8-9-31(25,32)6/h14-16,19,22,24,26H,8-13,17-18,20H2,1-7H3/t22?,24?,26-,30-,31+,32+,33+/m0/s1. The minimum Gasteiger partial charge on any atom is -0.361 e. The summed E-state index contributed by atoms with van der Waals surface area (Å²) in [6, 6.07) is 0. The van der Waals surface area contributed by atoms with Gasteiger partial charge in [0.15, 0.2) is 5.78 Å². The maximum atomic E-state index is 14.7. The van der Waals surface area contributed by atoms with Crippen molar-refractivity contribution in [3.8, 4) is 0 Å². The smallest absolute Gasteiger partial charge is 0.159 e. The molecule has 0 amide bonds. The van der Waals surface area contributed by atoms with Crippen LogP contribution in [0, 0.1) is 44.8 Å². The summed E-state index contributed by atoms with van der Waals surface area (Å²) in [5, 5.41) is 12.7. The molecule has 0 N–H and O–H groups in total. The van der Waals surface area contributed by atoms with Crippen LogP contribution in [0.3, 0.4) is 0 Å². The van der Waals surface area contributed by atoms with Crippen molar-refractivity contribution < 1.29 is 9.32 Å². The summed E-state index contributed by atoms with van der Waals surface area (Å²) in [6.45, 7) is 17.9. The number of carbonyl (C=O) groups excluding carboxylic acids is 1. The molecule has 0 saturated heterocycles. The predicted octanol–water partition coefficient (Wildman–Crippen LogP) is 6.96. The van der Waals surface area contributed by atoms with E-state index in [9.17, 15) is 4.79 Å². The number of ketones is 1. The van der Waals surface area contributed by atoms with Crippen molar-refractivity contribution in [1.82, 2.24) is 20.2 Å². The van der Waals surface area contributed by atoms with Crippen LogP contribution in [0.4, 0.5) is 0 Å². The Morgan fingerprint density at radius 3 is 2.54 bits per heavy atom. The van der Waals surface area contributed by atoms with Gasteiger partial charge in [0.2, 0.25) is 0 Å². The predicted molar refractivity (Wildman–Crippen MR) is 150 cm³/mol. The van der Waals surface area contributed by atoms with Crippen LogP contribution in [0.15, 0.2) is 34.8 Å². The molecule has 6 nitrogen and oxygen atoms in total. The highest BCUT2D eigenvalue weighted by Gasteiger charge is 2.70. The van der Waals surface area contributed by atoms with Gasteiger partial charge in [-0.25, -0.2) is 0 Å². The molecule has 210 valence electrons. The van der Waals surface area contributed by atoms with E-state index >= 15 is 0 Å². The molecule has 0 spiro atoms. The summed E-state index contributed by atoms with van der Waals surface area (Å²) in [5.74, 6) is 2.31. The van der Waals surface area contributed by atoms with Gasteiger partial charge < -0.3 is 4.52 Å². The number of fused-ring (bicyclic) bond motifs is 8. The fourth-order valence-corrected chi connectivity index (χ4v) is 11.3. The molecule has 5 aliphatic rings. The van der Waals surface area contributed by atoms with Crippen LogP contribution < -0.4 is 0 Å². The summed E-state index contributed by atoms with van der Waals surface area (Å²) in [5.41, 5.74) is 2.79. The molecule has 3 fully saturated rings. The van der Waals surface area contributed by atoms with Crippen LogP contribution in [0.2, 0.25) is 0 Å². The molecule has 2 aromatic heterocycles. The maximum absolute atomic E-state index is 14.7. The van der Waals surface area contributed by atoms with Crippen LogP contribution in [0.1, 0.15) is 105 Å². The van der Waals surface area contributed by atoms with E-state index in [4.69, 9.17) is 4.52 Å². The van der Waals surface area contributed by atoms with Crippen molar-refractivity contribution in [3.63, 3.8) is 0 Å². The van der Waals surface area contributed by atoms with Crippen molar-refractivity contribution in [3.05, 3.63) is 41.6 Å². The molecule has 0 radical (unpaired) electrons. The first-order chi connectivity index (χ1) is 18.3. The molecule has 0 aromatic carbocycles. The number of hydrogen-bond acceptors (Lipinski definition) is 5. The fourth-order valence-electron chi connectivity index (χ4n) is 11.3. The number of carbonyl (C=O) groups is 1. The lowest BCUT2D eigenvalue weighted by Crippen LogP contribution is -2.65. The average Bonchev–Trinajstić information content (AvgIpc) is 3.53. The molecule has 3 saturated carbocycles. The van der Waals surface area contributed by atoms with E-state index < -0.39 is 0 Å². The lowest BCUT2D eigenvalue weighted by molar-refractivity contribution is -0.174. The van der Waals surface area contributed by atoms with E-state index in [0.29, 0.717) is 17.6 Å². The van der Waals surface area contributed by atoms with Crippen LogP contribution >= 0.6 is 0 Å². The van der Waals surface area contributed by atoms with Gasteiger partial charge in [-0.3, -0.25) is 9.48 Å². The van der Waals surface area contributed by atoms with Crippen LogP contribution in [-0.2, 0) is 23.2 Å². The first-order valence-electron chi connectivity index (χ1n) is 15.3. The number of hydrogen-bond donors (Lipinski definition) is 0. The number of nitrogens with zero attached hydrogens (tertiary/aromatic N) is 4. The highest BCUT2D eigenvalue weighted by atomic mass is 16.5. The summed E-state index contributed by atoms with van der Waals surface area (Å²) >= 11 is 0. The van der Waals surface area contributed by atoms with E-state index in [0.717, 1.165) is 50.8 Å². The molecule has 0 aliphatic heterocycles. The molecule has 2 aromatic rings. The third-order valence-corrected chi connectivity index (χ3v) is 13.5. The molecule has 5 aliphatic carbocycles. The van der Waals surface area contributed by atoms with E-state index in [2.05, 4.69) is 70.0 Å². The maximum Gasteiger partial charge on any atom is 0.159 e. The Labute approximate surface area is 233 Å². The largest absolute Gasteiger partial charge is 0.361 e. The van der Waals surface area contributed by atoms with E-state index in [1.807, 2.05) is 17.1 Å². The molecule has 7 rings (SSSR count). The lowest BCUT2D eigenvalue weighted by Gasteiger charge is -2.69. The van der Waals surface area contributed by atoms with Crippen molar-refractivity contribution in [2.45, 2.75) is 112 Å². The van der Waals surface area contributed by atoms with Crippen LogP contribution in [0.25, 0.3) is 0 Å². The van der Waals surface area contributed by atoms with Crippen LogP contribution in [0.5, 0.6) is 0 Å². The molecule has 6 heteroatoms. The third-order valence-electron chi connectivity index (χ3n) is 13.5. The van der Waals surface area contributed by atoms with Gasteiger partial charge in [-0.1, -0.05) is 64.4 Å². The van der Waals surface area contributed by atoms with Crippen LogP contribution in [-0.4, -0.2) is 25.9 Å². The van der Waals surface area contributed by atoms with E-state index in [1.54, 1.807) is 6.20 Å². The minimum atomic E-state index is -0.102. The Morgan fingerprint density at radius 2 is 1.79 bits per heavy atom. The Morgan fingerprint density at radius 1 is 1.03 bits per heavy atom. The second-order valence-corrected chi connectivity index (χ2v) is 16.2. The number of aromatic nitrogens is 4. The van der Waals surface area contributed by atoms with Gasteiger partial charge in [-0.2, -0.15) is 0 Å². The van der Waals surface area contributed by atoms with Crippen molar-refractivity contribution >= 4 is 5.78 Å². The molecule has 39 heavy (non-hydrogen) atoms. The van der Waals surface area contributed by atoms with Gasteiger partial charge in [-0.15, -0.1) is 5.10 Å². The van der Waals surface area contributed by atoms with Gasteiger partial charge in [0.1, 0.15) is 5.76 Å². The second kappa shape index (κ2) is 7.73. The molecule has 2 heterocycles. The Kier molecular flexibility index (Phi) is 5.10. The Balaban J connectivity index is 1.36. The summed E-state index contributed by atoms with van der Waals surface area (Å²) in [7, 11) is 0. The highest BCUT2D eigenvalue weighted by molar-refractivity contribution is 5.95. The van der Waals surface area contributed by atoms with Crippen molar-refractivity contribution in [2.75, 3.05) is 0 Å². The summed E-state index contributed by atoms with van der Waals surface area (Å²) < 4.78 is 7.88. The molecule has 0 bridgehead atoms. The highest BCUT2D eigenvalue weighted by Crippen LogP contribution is 2.74. The van der Waals surface area contributed by atoms with E-state index in [-0.39, 0.29) is 38.4 Å². The zero-order valence-electron chi connectivity index (χ0n) is 25.0. The van der Waals surface area contributed by atoms with Crippen molar-refractivity contribution in [1.29, 1.82) is 0 Å². The minimum absolute atomic E-state index is 0.00256.